The molecule has 0 aliphatic carbocycles. The van der Waals surface area contributed by atoms with Crippen LogP contribution in [0, 0.1) is 0 Å². The first-order chi connectivity index (χ1) is 9.33. The minimum Gasteiger partial charge on any atom is -0.454 e. The second kappa shape index (κ2) is 4.03. The van der Waals surface area contributed by atoms with Crippen molar-refractivity contribution in [3.8, 4) is 11.5 Å². The van der Waals surface area contributed by atoms with Crippen molar-refractivity contribution in [3.05, 3.63) is 18.2 Å². The van der Waals surface area contributed by atoms with E-state index < -0.39 is 0 Å². The van der Waals surface area contributed by atoms with Crippen LogP contribution in [-0.4, -0.2) is 49.9 Å². The minimum atomic E-state index is 0.0883. The summed E-state index contributed by atoms with van der Waals surface area (Å²) in [6.45, 7) is 3.51. The molecule has 0 radical (unpaired) electrons. The van der Waals surface area contributed by atoms with E-state index in [4.69, 9.17) is 9.47 Å². The Morgan fingerprint density at radius 1 is 1.26 bits per heavy atom. The monoisotopic (exact) mass is 261 g/mol. The molecule has 1 aromatic rings. The number of benzene rings is 1. The molecule has 2 saturated heterocycles. The van der Waals surface area contributed by atoms with E-state index in [1.165, 1.54) is 0 Å². The van der Waals surface area contributed by atoms with Crippen LogP contribution in [0.1, 0.15) is 0 Å². The highest BCUT2D eigenvalue weighted by molar-refractivity contribution is 5.95. The molecule has 100 valence electrons. The van der Waals surface area contributed by atoms with Gasteiger partial charge in [0.2, 0.25) is 6.79 Å². The Morgan fingerprint density at radius 2 is 2.16 bits per heavy atom. The van der Waals surface area contributed by atoms with Gasteiger partial charge in [0.15, 0.2) is 11.5 Å². The zero-order valence-corrected chi connectivity index (χ0v) is 10.5. The summed E-state index contributed by atoms with van der Waals surface area (Å²) in [7, 11) is 0. The highest BCUT2D eigenvalue weighted by Gasteiger charge is 2.39. The maximum absolute atomic E-state index is 12.4. The van der Waals surface area contributed by atoms with Crippen LogP contribution in [-0.2, 0) is 0 Å². The summed E-state index contributed by atoms with van der Waals surface area (Å²) in [5, 5.41) is 3.33. The number of nitrogens with one attached hydrogen (secondary N) is 1. The topological polar surface area (TPSA) is 54.0 Å². The van der Waals surface area contributed by atoms with Gasteiger partial charge in [-0.25, -0.2) is 4.79 Å². The standard InChI is InChI=1S/C13H15N3O3/c17-13-15-4-3-14-6-10(15)7-16(13)9-1-2-11-12(5-9)19-8-18-11/h1-2,5,10,14H,3-4,6-8H2. The fourth-order valence-electron chi connectivity index (χ4n) is 2.89. The molecular formula is C13H15N3O3. The number of carbonyl (C=O) groups excluding carboxylic acids is 1. The number of hydrogen-bond acceptors (Lipinski definition) is 4. The molecule has 3 heterocycles. The van der Waals surface area contributed by atoms with Crippen molar-refractivity contribution in [2.24, 2.45) is 0 Å². The van der Waals surface area contributed by atoms with E-state index in [2.05, 4.69) is 5.32 Å². The number of rotatable bonds is 1. The van der Waals surface area contributed by atoms with E-state index in [1.54, 1.807) is 0 Å². The summed E-state index contributed by atoms with van der Waals surface area (Å²) in [5.41, 5.74) is 0.878. The second-order valence-electron chi connectivity index (χ2n) is 4.98. The average Bonchev–Trinajstić information content (AvgIpc) is 3.03. The van der Waals surface area contributed by atoms with E-state index >= 15 is 0 Å². The van der Waals surface area contributed by atoms with Crippen LogP contribution in [0.5, 0.6) is 11.5 Å². The molecule has 1 atom stereocenters. The smallest absolute Gasteiger partial charge is 0.324 e. The third-order valence-electron chi connectivity index (χ3n) is 3.89. The Labute approximate surface area is 110 Å². The van der Waals surface area contributed by atoms with Crippen LogP contribution in [0.25, 0.3) is 0 Å². The van der Waals surface area contributed by atoms with Gasteiger partial charge in [-0.15, -0.1) is 0 Å². The lowest BCUT2D eigenvalue weighted by atomic mass is 10.2. The molecule has 1 unspecified atom stereocenters. The van der Waals surface area contributed by atoms with Gasteiger partial charge in [-0.2, -0.15) is 0 Å². The van der Waals surface area contributed by atoms with Gasteiger partial charge in [0.1, 0.15) is 0 Å². The van der Waals surface area contributed by atoms with Gasteiger partial charge in [0, 0.05) is 37.9 Å². The van der Waals surface area contributed by atoms with Crippen molar-refractivity contribution in [2.45, 2.75) is 6.04 Å². The Kier molecular flexibility index (Phi) is 2.32. The molecule has 19 heavy (non-hydrogen) atoms. The van der Waals surface area contributed by atoms with E-state index in [1.807, 2.05) is 28.0 Å². The van der Waals surface area contributed by atoms with Crippen LogP contribution in [0.3, 0.4) is 0 Å². The number of amides is 2. The molecule has 1 aromatic carbocycles. The molecule has 0 bridgehead atoms. The highest BCUT2D eigenvalue weighted by Crippen LogP contribution is 2.36. The first-order valence-corrected chi connectivity index (χ1v) is 6.51. The Hall–Kier alpha value is -1.95. The average molecular weight is 261 g/mol. The summed E-state index contributed by atoms with van der Waals surface area (Å²) in [5.74, 6) is 1.46. The summed E-state index contributed by atoms with van der Waals surface area (Å²) in [6.07, 6.45) is 0. The number of anilines is 1. The van der Waals surface area contributed by atoms with Crippen LogP contribution in [0.15, 0.2) is 18.2 Å². The van der Waals surface area contributed by atoms with Crippen molar-refractivity contribution >= 4 is 11.7 Å². The molecule has 0 aromatic heterocycles. The summed E-state index contributed by atoms with van der Waals surface area (Å²) >= 11 is 0. The van der Waals surface area contributed by atoms with E-state index in [9.17, 15) is 4.79 Å². The third kappa shape index (κ3) is 1.63. The molecular weight excluding hydrogens is 246 g/mol. The van der Waals surface area contributed by atoms with Gasteiger partial charge in [0.05, 0.1) is 6.04 Å². The first-order valence-electron chi connectivity index (χ1n) is 6.51. The second-order valence-corrected chi connectivity index (χ2v) is 4.98. The molecule has 0 spiro atoms. The molecule has 1 N–H and O–H groups in total. The van der Waals surface area contributed by atoms with Crippen molar-refractivity contribution in [1.82, 2.24) is 10.2 Å². The van der Waals surface area contributed by atoms with E-state index in [0.717, 1.165) is 37.6 Å². The predicted octanol–water partition coefficient (Wildman–Crippen LogP) is 0.629. The third-order valence-corrected chi connectivity index (χ3v) is 3.89. The summed E-state index contributed by atoms with van der Waals surface area (Å²) < 4.78 is 10.7. The molecule has 2 amide bonds. The lowest BCUT2D eigenvalue weighted by Crippen LogP contribution is -2.49. The Balaban J connectivity index is 1.64. The number of urea groups is 1. The van der Waals surface area contributed by atoms with Gasteiger partial charge < -0.3 is 19.7 Å². The van der Waals surface area contributed by atoms with Crippen molar-refractivity contribution < 1.29 is 14.3 Å². The molecule has 4 rings (SSSR count). The zero-order chi connectivity index (χ0) is 12.8. The van der Waals surface area contributed by atoms with Crippen molar-refractivity contribution in [3.63, 3.8) is 0 Å². The molecule has 2 fully saturated rings. The zero-order valence-electron chi connectivity index (χ0n) is 10.5. The summed E-state index contributed by atoms with van der Waals surface area (Å²) in [6, 6.07) is 6.02. The molecule has 0 saturated carbocycles. The fraction of sp³-hybridized carbons (Fsp3) is 0.462. The number of hydrogen-bond donors (Lipinski definition) is 1. The van der Waals surface area contributed by atoms with Crippen molar-refractivity contribution in [2.75, 3.05) is 37.9 Å². The first kappa shape index (κ1) is 10.9. The van der Waals surface area contributed by atoms with Gasteiger partial charge in [0.25, 0.3) is 0 Å². The molecule has 6 heteroatoms. The SMILES string of the molecule is O=C1N(c2ccc3c(c2)OCO3)CC2CNCCN12. The maximum atomic E-state index is 12.4. The number of ether oxygens (including phenoxy) is 2. The van der Waals surface area contributed by atoms with E-state index in [0.29, 0.717) is 5.75 Å². The number of fused-ring (bicyclic) bond motifs is 2. The number of carbonyl (C=O) groups is 1. The molecule has 3 aliphatic rings. The van der Waals surface area contributed by atoms with E-state index in [-0.39, 0.29) is 18.9 Å². The maximum Gasteiger partial charge on any atom is 0.324 e. The minimum absolute atomic E-state index is 0.0883. The number of nitrogens with zero attached hydrogens (tertiary/aromatic N) is 2. The Bertz CT molecular complexity index is 534. The van der Waals surface area contributed by atoms with Gasteiger partial charge in [-0.1, -0.05) is 0 Å². The number of piperazine rings is 1. The largest absolute Gasteiger partial charge is 0.454 e. The van der Waals surface area contributed by atoms with Crippen LogP contribution in [0.2, 0.25) is 0 Å². The van der Waals surface area contributed by atoms with Gasteiger partial charge >= 0.3 is 6.03 Å². The lowest BCUT2D eigenvalue weighted by molar-refractivity contribution is 0.174. The normalized spacial score (nSPS) is 24.8. The van der Waals surface area contributed by atoms with Gasteiger partial charge in [-0.05, 0) is 12.1 Å². The highest BCUT2D eigenvalue weighted by atomic mass is 16.7. The Morgan fingerprint density at radius 3 is 3.05 bits per heavy atom. The molecule has 6 nitrogen and oxygen atoms in total. The molecule has 3 aliphatic heterocycles. The predicted molar refractivity (Wildman–Crippen MR) is 68.7 cm³/mol. The van der Waals surface area contributed by atoms with Crippen LogP contribution < -0.4 is 19.7 Å². The van der Waals surface area contributed by atoms with Crippen molar-refractivity contribution in [1.29, 1.82) is 0 Å². The lowest BCUT2D eigenvalue weighted by Gasteiger charge is -2.28. The quantitative estimate of drug-likeness (QED) is 0.805. The van der Waals surface area contributed by atoms with Crippen LogP contribution in [0.4, 0.5) is 10.5 Å². The fourth-order valence-corrected chi connectivity index (χ4v) is 2.89. The van der Waals surface area contributed by atoms with Crippen LogP contribution >= 0.6 is 0 Å². The van der Waals surface area contributed by atoms with Gasteiger partial charge in [-0.3, -0.25) is 4.90 Å². The summed E-state index contributed by atoms with van der Waals surface area (Å²) in [4.78, 5) is 16.2.